The topological polar surface area (TPSA) is 90.4 Å². The molecule has 21 heavy (non-hydrogen) atoms. The van der Waals surface area contributed by atoms with Crippen LogP contribution in [0.25, 0.3) is 11.1 Å². The Morgan fingerprint density at radius 2 is 2.19 bits per heavy atom. The second-order valence-electron chi connectivity index (χ2n) is 4.26. The highest BCUT2D eigenvalue weighted by Crippen LogP contribution is 2.19. The van der Waals surface area contributed by atoms with E-state index in [9.17, 15) is 4.79 Å². The quantitative estimate of drug-likeness (QED) is 0.874. The van der Waals surface area contributed by atoms with Crippen molar-refractivity contribution in [2.45, 2.75) is 19.4 Å². The van der Waals surface area contributed by atoms with Crippen LogP contribution in [0.5, 0.6) is 0 Å². The predicted molar refractivity (Wildman–Crippen MR) is 86.3 cm³/mol. The summed E-state index contributed by atoms with van der Waals surface area (Å²) in [5.41, 5.74) is 7.57. The molecule has 8 heteroatoms. The number of amides is 1. The Bertz CT molecular complexity index is 585. The van der Waals surface area contributed by atoms with Crippen LogP contribution in [0.1, 0.15) is 12.3 Å². The van der Waals surface area contributed by atoms with Crippen molar-refractivity contribution in [2.75, 3.05) is 19.0 Å². The molecule has 1 unspecified atom stereocenters. The summed E-state index contributed by atoms with van der Waals surface area (Å²) in [7, 11) is 1.54. The van der Waals surface area contributed by atoms with Crippen LogP contribution in [0.2, 0.25) is 0 Å². The number of anilines is 1. The molecule has 3 N–H and O–H groups in total. The number of nitrogens with zero attached hydrogens (tertiary/aromatic N) is 1. The molecule has 2 aromatic rings. The third-order valence-electron chi connectivity index (χ3n) is 2.79. The summed E-state index contributed by atoms with van der Waals surface area (Å²) in [5, 5.41) is 2.79. The van der Waals surface area contributed by atoms with Crippen LogP contribution in [0.15, 0.2) is 22.6 Å². The number of benzene rings is 1. The lowest BCUT2D eigenvalue weighted by Gasteiger charge is -2.12. The van der Waals surface area contributed by atoms with Crippen molar-refractivity contribution in [3.63, 3.8) is 0 Å². The average molecular weight is 336 g/mol. The van der Waals surface area contributed by atoms with Crippen molar-refractivity contribution in [3.05, 3.63) is 24.1 Å². The largest absolute Gasteiger partial charge is 0.441 e. The van der Waals surface area contributed by atoms with Crippen molar-refractivity contribution >= 4 is 47.5 Å². The highest BCUT2D eigenvalue weighted by molar-refractivity contribution is 5.93. The Balaban J connectivity index is 0.00000200. The van der Waals surface area contributed by atoms with Gasteiger partial charge in [-0.2, -0.15) is 0 Å². The number of halogens is 2. The summed E-state index contributed by atoms with van der Waals surface area (Å²) < 4.78 is 10.4. The highest BCUT2D eigenvalue weighted by atomic mass is 35.5. The Kier molecular flexibility index (Phi) is 8.27. The molecule has 0 aliphatic heterocycles. The number of rotatable bonds is 5. The minimum absolute atomic E-state index is 0. The van der Waals surface area contributed by atoms with Crippen LogP contribution in [0.4, 0.5) is 5.69 Å². The first-order valence-electron chi connectivity index (χ1n) is 6.02. The summed E-state index contributed by atoms with van der Waals surface area (Å²) in [6.45, 7) is 2.09. The van der Waals surface area contributed by atoms with Gasteiger partial charge in [0.25, 0.3) is 0 Å². The second kappa shape index (κ2) is 8.84. The maximum atomic E-state index is 11.8. The Morgan fingerprint density at radius 3 is 2.81 bits per heavy atom. The minimum Gasteiger partial charge on any atom is -0.441 e. The van der Waals surface area contributed by atoms with Gasteiger partial charge in [-0.1, -0.05) is 0 Å². The van der Waals surface area contributed by atoms with E-state index in [-0.39, 0.29) is 43.2 Å². The number of carbonyl (C=O) groups is 1. The first-order chi connectivity index (χ1) is 9.12. The van der Waals surface area contributed by atoms with E-state index in [1.807, 2.05) is 0 Å². The fraction of sp³-hybridized carbons (Fsp3) is 0.385. The smallest absolute Gasteiger partial charge is 0.227 e. The normalized spacial score (nSPS) is 11.4. The molecule has 0 aliphatic carbocycles. The van der Waals surface area contributed by atoms with E-state index in [1.54, 1.807) is 25.1 Å². The Morgan fingerprint density at radius 1 is 1.48 bits per heavy atom. The third-order valence-corrected chi connectivity index (χ3v) is 2.79. The molecule has 2 rings (SSSR count). The third kappa shape index (κ3) is 5.17. The molecule has 1 aromatic heterocycles. The van der Waals surface area contributed by atoms with Gasteiger partial charge >= 0.3 is 0 Å². The van der Waals surface area contributed by atoms with E-state index in [4.69, 9.17) is 14.9 Å². The van der Waals surface area contributed by atoms with Gasteiger partial charge in [-0.05, 0) is 18.2 Å². The van der Waals surface area contributed by atoms with Gasteiger partial charge in [-0.25, -0.2) is 4.98 Å². The number of aryl methyl sites for hydroxylation is 1. The van der Waals surface area contributed by atoms with E-state index in [0.717, 1.165) is 5.52 Å². The molecule has 0 saturated heterocycles. The van der Waals surface area contributed by atoms with Gasteiger partial charge in [0.1, 0.15) is 5.52 Å². The predicted octanol–water partition coefficient (Wildman–Crippen LogP) is 2.28. The van der Waals surface area contributed by atoms with E-state index in [2.05, 4.69) is 10.3 Å². The van der Waals surface area contributed by atoms with E-state index in [1.165, 1.54) is 7.11 Å². The van der Waals surface area contributed by atoms with Crippen molar-refractivity contribution in [1.82, 2.24) is 4.98 Å². The lowest BCUT2D eigenvalue weighted by molar-refractivity contribution is -0.118. The van der Waals surface area contributed by atoms with E-state index < -0.39 is 0 Å². The molecule has 1 atom stereocenters. The molecule has 0 aliphatic rings. The molecular weight excluding hydrogens is 317 g/mol. The van der Waals surface area contributed by atoms with Crippen molar-refractivity contribution in [1.29, 1.82) is 0 Å². The second-order valence-corrected chi connectivity index (χ2v) is 4.26. The first-order valence-corrected chi connectivity index (χ1v) is 6.02. The fourth-order valence-corrected chi connectivity index (χ4v) is 1.80. The van der Waals surface area contributed by atoms with Crippen LogP contribution in [0.3, 0.4) is 0 Å². The van der Waals surface area contributed by atoms with Crippen LogP contribution in [-0.4, -0.2) is 30.6 Å². The maximum absolute atomic E-state index is 11.8. The number of hydrogen-bond acceptors (Lipinski definition) is 5. The molecule has 0 spiro atoms. The Hall–Kier alpha value is -1.34. The first kappa shape index (κ1) is 19.7. The average Bonchev–Trinajstić information content (AvgIpc) is 2.75. The molecule has 1 aromatic carbocycles. The number of oxazole rings is 1. The SMILES string of the molecule is COC(CN)CC(=O)Nc1ccc2oc(C)nc2c1.Cl.Cl. The zero-order valence-corrected chi connectivity index (χ0v) is 13.4. The summed E-state index contributed by atoms with van der Waals surface area (Å²) in [6, 6.07) is 5.32. The zero-order chi connectivity index (χ0) is 13.8. The van der Waals surface area contributed by atoms with Gasteiger partial charge in [0, 0.05) is 26.3 Å². The van der Waals surface area contributed by atoms with Crippen LogP contribution in [0, 0.1) is 6.92 Å². The molecule has 0 bridgehead atoms. The molecule has 1 amide bonds. The number of fused-ring (bicyclic) bond motifs is 1. The van der Waals surface area contributed by atoms with Gasteiger partial charge in [0.15, 0.2) is 11.5 Å². The minimum atomic E-state index is -0.266. The van der Waals surface area contributed by atoms with E-state index in [0.29, 0.717) is 23.7 Å². The summed E-state index contributed by atoms with van der Waals surface area (Å²) in [4.78, 5) is 16.0. The highest BCUT2D eigenvalue weighted by Gasteiger charge is 2.12. The lowest BCUT2D eigenvalue weighted by atomic mass is 10.2. The van der Waals surface area contributed by atoms with Gasteiger partial charge < -0.3 is 20.2 Å². The molecule has 0 radical (unpaired) electrons. The van der Waals surface area contributed by atoms with Gasteiger partial charge in [-0.3, -0.25) is 4.79 Å². The number of ether oxygens (including phenoxy) is 1. The van der Waals surface area contributed by atoms with Crippen LogP contribution < -0.4 is 11.1 Å². The maximum Gasteiger partial charge on any atom is 0.227 e. The number of nitrogens with one attached hydrogen (secondary N) is 1. The molecule has 0 saturated carbocycles. The van der Waals surface area contributed by atoms with Crippen LogP contribution in [-0.2, 0) is 9.53 Å². The zero-order valence-electron chi connectivity index (χ0n) is 11.8. The number of carbonyl (C=O) groups excluding carboxylic acids is 1. The molecule has 1 heterocycles. The molecule has 6 nitrogen and oxygen atoms in total. The van der Waals surface area contributed by atoms with Gasteiger partial charge in [0.2, 0.25) is 5.91 Å². The molecule has 0 fully saturated rings. The monoisotopic (exact) mass is 335 g/mol. The van der Waals surface area contributed by atoms with Crippen molar-refractivity contribution in [3.8, 4) is 0 Å². The lowest BCUT2D eigenvalue weighted by Crippen LogP contribution is -2.28. The number of hydrogen-bond donors (Lipinski definition) is 2. The number of aromatic nitrogens is 1. The molecular formula is C13H19Cl2N3O3. The van der Waals surface area contributed by atoms with Crippen LogP contribution >= 0.6 is 24.8 Å². The summed E-state index contributed by atoms with van der Waals surface area (Å²) in [6.07, 6.45) is -0.0406. The fourth-order valence-electron chi connectivity index (χ4n) is 1.80. The van der Waals surface area contributed by atoms with E-state index >= 15 is 0 Å². The summed E-state index contributed by atoms with van der Waals surface area (Å²) >= 11 is 0. The number of nitrogens with two attached hydrogens (primary N) is 1. The van der Waals surface area contributed by atoms with Crippen molar-refractivity contribution < 1.29 is 13.9 Å². The number of methoxy groups -OCH3 is 1. The molecule has 118 valence electrons. The van der Waals surface area contributed by atoms with Crippen molar-refractivity contribution in [2.24, 2.45) is 5.73 Å². The standard InChI is InChI=1S/C13H17N3O3.2ClH/c1-8-15-11-5-9(3-4-12(11)19-8)16-13(17)6-10(7-14)18-2;;/h3-5,10H,6-7,14H2,1-2H3,(H,16,17);2*1H. The summed E-state index contributed by atoms with van der Waals surface area (Å²) in [5.74, 6) is 0.456. The van der Waals surface area contributed by atoms with Gasteiger partial charge in [-0.15, -0.1) is 24.8 Å². The van der Waals surface area contributed by atoms with Gasteiger partial charge in [0.05, 0.1) is 12.5 Å². The Labute approximate surface area is 135 Å².